The molecule has 0 amide bonds. The van der Waals surface area contributed by atoms with Gasteiger partial charge in [0.15, 0.2) is 0 Å². The predicted octanol–water partition coefficient (Wildman–Crippen LogP) is 0.323. The van der Waals surface area contributed by atoms with Gasteiger partial charge in [0.2, 0.25) is 5.95 Å². The number of nitrogens with zero attached hydrogens (tertiary/aromatic N) is 3. The number of ether oxygens (including phenoxy) is 1. The van der Waals surface area contributed by atoms with Gasteiger partial charge in [0, 0.05) is 7.05 Å². The number of carboxylic acid groups (broad SMARTS) is 1. The zero-order chi connectivity index (χ0) is 15.6. The van der Waals surface area contributed by atoms with Gasteiger partial charge in [0.1, 0.15) is 17.0 Å². The van der Waals surface area contributed by atoms with Crippen LogP contribution in [0.25, 0.3) is 0 Å². The van der Waals surface area contributed by atoms with E-state index in [-0.39, 0.29) is 22.2 Å². The topological polar surface area (TPSA) is 123 Å². The molecule has 1 aromatic carbocycles. The molecule has 0 atom stereocenters. The second kappa shape index (κ2) is 5.40. The highest BCUT2D eigenvalue weighted by molar-refractivity contribution is 7.92. The van der Waals surface area contributed by atoms with Crippen LogP contribution in [0, 0.1) is 0 Å². The summed E-state index contributed by atoms with van der Waals surface area (Å²) in [5.74, 6) is -1.23. The summed E-state index contributed by atoms with van der Waals surface area (Å²) in [7, 11) is -1.21. The molecule has 9 nitrogen and oxygen atoms in total. The first-order valence-electron chi connectivity index (χ1n) is 5.63. The summed E-state index contributed by atoms with van der Waals surface area (Å²) in [6, 6.07) is 3.46. The molecule has 1 heterocycles. The molecule has 0 bridgehead atoms. The van der Waals surface area contributed by atoms with Crippen molar-refractivity contribution in [2.45, 2.75) is 4.90 Å². The number of carbonyl (C=O) groups is 1. The number of aryl methyl sites for hydroxylation is 1. The number of aromatic nitrogens is 3. The third-order valence-corrected chi connectivity index (χ3v) is 4.00. The summed E-state index contributed by atoms with van der Waals surface area (Å²) in [5, 5.41) is 12.6. The highest BCUT2D eigenvalue weighted by atomic mass is 32.2. The fraction of sp³-hybridized carbons (Fsp3) is 0.182. The van der Waals surface area contributed by atoms with Gasteiger partial charge in [-0.2, -0.15) is 10.1 Å². The van der Waals surface area contributed by atoms with Crippen LogP contribution in [0.5, 0.6) is 5.75 Å². The van der Waals surface area contributed by atoms with Gasteiger partial charge in [0.25, 0.3) is 10.0 Å². The van der Waals surface area contributed by atoms with E-state index in [4.69, 9.17) is 9.84 Å². The second-order valence-corrected chi connectivity index (χ2v) is 5.63. The van der Waals surface area contributed by atoms with E-state index in [2.05, 4.69) is 14.8 Å². The number of carboxylic acids is 1. The zero-order valence-electron chi connectivity index (χ0n) is 11.1. The van der Waals surface area contributed by atoms with Crippen molar-refractivity contribution in [3.05, 3.63) is 30.1 Å². The molecule has 1 aromatic heterocycles. The number of aromatic carboxylic acids is 1. The average molecular weight is 312 g/mol. The van der Waals surface area contributed by atoms with Gasteiger partial charge in [-0.15, -0.1) is 0 Å². The summed E-state index contributed by atoms with van der Waals surface area (Å²) in [4.78, 5) is 14.4. The molecule has 0 radical (unpaired) electrons. The number of hydrogen-bond acceptors (Lipinski definition) is 6. The molecule has 0 unspecified atom stereocenters. The SMILES string of the molecule is COc1cc(C(=O)O)ccc1S(=O)(=O)Nc1ncnn1C. The first-order valence-corrected chi connectivity index (χ1v) is 7.11. The van der Waals surface area contributed by atoms with Gasteiger partial charge in [0.05, 0.1) is 12.7 Å². The normalized spacial score (nSPS) is 11.1. The summed E-state index contributed by atoms with van der Waals surface area (Å²) < 4.78 is 33.0. The smallest absolute Gasteiger partial charge is 0.335 e. The lowest BCUT2D eigenvalue weighted by Gasteiger charge is -2.11. The molecule has 2 rings (SSSR count). The Hall–Kier alpha value is -2.62. The fourth-order valence-corrected chi connectivity index (χ4v) is 2.78. The Kier molecular flexibility index (Phi) is 3.80. The molecule has 2 aromatic rings. The summed E-state index contributed by atoms with van der Waals surface area (Å²) >= 11 is 0. The van der Waals surface area contributed by atoms with Crippen LogP contribution in [-0.4, -0.2) is 41.4 Å². The number of methoxy groups -OCH3 is 1. The first kappa shape index (κ1) is 14.8. The van der Waals surface area contributed by atoms with Crippen LogP contribution in [0.1, 0.15) is 10.4 Å². The maximum Gasteiger partial charge on any atom is 0.335 e. The highest BCUT2D eigenvalue weighted by Gasteiger charge is 2.22. The van der Waals surface area contributed by atoms with Crippen molar-refractivity contribution in [3.63, 3.8) is 0 Å². The van der Waals surface area contributed by atoms with Crippen molar-refractivity contribution in [1.29, 1.82) is 0 Å². The van der Waals surface area contributed by atoms with Crippen LogP contribution in [0.3, 0.4) is 0 Å². The maximum atomic E-state index is 12.3. The Morgan fingerprint density at radius 3 is 2.67 bits per heavy atom. The minimum Gasteiger partial charge on any atom is -0.495 e. The molecule has 112 valence electrons. The number of anilines is 1. The first-order chi connectivity index (χ1) is 9.85. The Morgan fingerprint density at radius 2 is 2.14 bits per heavy atom. The lowest BCUT2D eigenvalue weighted by atomic mass is 10.2. The number of hydrogen-bond donors (Lipinski definition) is 2. The van der Waals surface area contributed by atoms with Crippen LogP contribution in [0.2, 0.25) is 0 Å². The molecular formula is C11H12N4O5S. The summed E-state index contributed by atoms with van der Waals surface area (Å²) in [5.41, 5.74) is -0.0792. The average Bonchev–Trinajstić information content (AvgIpc) is 2.82. The van der Waals surface area contributed by atoms with E-state index in [1.54, 1.807) is 0 Å². The van der Waals surface area contributed by atoms with Crippen molar-refractivity contribution < 1.29 is 23.1 Å². The quantitative estimate of drug-likeness (QED) is 0.815. The molecule has 0 fully saturated rings. The van der Waals surface area contributed by atoms with Crippen LogP contribution in [0.4, 0.5) is 5.95 Å². The predicted molar refractivity (Wildman–Crippen MR) is 71.8 cm³/mol. The Bertz CT molecular complexity index is 784. The summed E-state index contributed by atoms with van der Waals surface area (Å²) in [6.45, 7) is 0. The van der Waals surface area contributed by atoms with E-state index in [1.165, 1.54) is 31.2 Å². The van der Waals surface area contributed by atoms with Crippen molar-refractivity contribution in [2.24, 2.45) is 7.05 Å². The lowest BCUT2D eigenvalue weighted by molar-refractivity contribution is 0.0696. The minimum absolute atomic E-state index is 0.0272. The number of rotatable bonds is 5. The van der Waals surface area contributed by atoms with Gasteiger partial charge >= 0.3 is 5.97 Å². The van der Waals surface area contributed by atoms with Crippen molar-refractivity contribution >= 4 is 21.9 Å². The van der Waals surface area contributed by atoms with E-state index < -0.39 is 16.0 Å². The molecule has 0 aliphatic heterocycles. The van der Waals surface area contributed by atoms with Crippen molar-refractivity contribution in [1.82, 2.24) is 14.8 Å². The lowest BCUT2D eigenvalue weighted by Crippen LogP contribution is -2.17. The van der Waals surface area contributed by atoms with Gasteiger partial charge in [-0.05, 0) is 18.2 Å². The third kappa shape index (κ3) is 2.94. The standard InChI is InChI=1S/C11H12N4O5S/c1-15-11(12-6-13-15)14-21(18,19)9-4-3-7(10(16)17)5-8(9)20-2/h3-6H,1-2H3,(H,16,17)(H,12,13,14). The van der Waals surface area contributed by atoms with Gasteiger partial charge < -0.3 is 9.84 Å². The number of sulfonamides is 1. The maximum absolute atomic E-state index is 12.3. The van der Waals surface area contributed by atoms with E-state index >= 15 is 0 Å². The van der Waals surface area contributed by atoms with Crippen LogP contribution in [0.15, 0.2) is 29.4 Å². The van der Waals surface area contributed by atoms with Crippen LogP contribution >= 0.6 is 0 Å². The molecule has 2 N–H and O–H groups in total. The fourth-order valence-electron chi connectivity index (χ4n) is 1.59. The van der Waals surface area contributed by atoms with Gasteiger partial charge in [-0.3, -0.25) is 0 Å². The van der Waals surface area contributed by atoms with Gasteiger partial charge in [-0.25, -0.2) is 22.6 Å². The molecule has 0 aliphatic carbocycles. The molecule has 0 spiro atoms. The molecular weight excluding hydrogens is 300 g/mol. The number of nitrogens with one attached hydrogen (secondary N) is 1. The monoisotopic (exact) mass is 312 g/mol. The minimum atomic E-state index is -3.98. The van der Waals surface area contributed by atoms with Crippen molar-refractivity contribution in [3.8, 4) is 5.75 Å². The zero-order valence-corrected chi connectivity index (χ0v) is 12.0. The Morgan fingerprint density at radius 1 is 1.43 bits per heavy atom. The molecule has 0 saturated carbocycles. The van der Waals surface area contributed by atoms with Crippen LogP contribution < -0.4 is 9.46 Å². The van der Waals surface area contributed by atoms with E-state index in [1.807, 2.05) is 0 Å². The Labute approximate surface area is 120 Å². The molecule has 10 heteroatoms. The van der Waals surface area contributed by atoms with Crippen LogP contribution in [-0.2, 0) is 17.1 Å². The van der Waals surface area contributed by atoms with E-state index in [0.29, 0.717) is 0 Å². The van der Waals surface area contributed by atoms with Gasteiger partial charge in [-0.1, -0.05) is 0 Å². The highest BCUT2D eigenvalue weighted by Crippen LogP contribution is 2.26. The molecule has 0 aliphatic rings. The molecule has 21 heavy (non-hydrogen) atoms. The summed E-state index contributed by atoms with van der Waals surface area (Å²) in [6.07, 6.45) is 1.20. The van der Waals surface area contributed by atoms with E-state index in [0.717, 1.165) is 12.1 Å². The van der Waals surface area contributed by atoms with E-state index in [9.17, 15) is 13.2 Å². The Balaban J connectivity index is 2.45. The molecule has 0 saturated heterocycles. The second-order valence-electron chi connectivity index (χ2n) is 3.98. The largest absolute Gasteiger partial charge is 0.495 e. The van der Waals surface area contributed by atoms with Crippen molar-refractivity contribution in [2.75, 3.05) is 11.8 Å². The third-order valence-electron chi connectivity index (χ3n) is 2.64. The number of benzene rings is 1.